The van der Waals surface area contributed by atoms with Gasteiger partial charge < -0.3 is 10.2 Å². The second-order valence-electron chi connectivity index (χ2n) is 6.42. The van der Waals surface area contributed by atoms with Gasteiger partial charge >= 0.3 is 5.97 Å². The molecular weight excluding hydrogens is 320 g/mol. The van der Waals surface area contributed by atoms with E-state index in [4.69, 9.17) is 10.6 Å². The van der Waals surface area contributed by atoms with Crippen LogP contribution in [0.5, 0.6) is 0 Å². The number of hydrogen-bond donors (Lipinski definition) is 2. The van der Waals surface area contributed by atoms with Crippen molar-refractivity contribution in [1.29, 1.82) is 0 Å². The van der Waals surface area contributed by atoms with Gasteiger partial charge in [-0.3, -0.25) is 14.4 Å². The van der Waals surface area contributed by atoms with E-state index in [2.05, 4.69) is 0 Å². The standard InChI is InChI=1S/C20H32O5/c1-2-3-6-9-15(21)12-13-17-16(18(22)14-19(17)23)10-7-4-5-8-11-20(24)25/h12-13,16-17,19,23H,2-11,14H2,1H3,(H,24,25)/b13-12+/t16-,17-,19-/m1/s1/i12T,16T,17T,19T. The molecule has 1 aliphatic rings. The zero-order chi connectivity index (χ0) is 22.3. The lowest BCUT2D eigenvalue weighted by Gasteiger charge is -2.17. The van der Waals surface area contributed by atoms with Gasteiger partial charge in [0.05, 0.1) is 8.82 Å². The molecule has 2 N–H and O–H groups in total. The predicted octanol–water partition coefficient (Wildman–Crippen LogP) is 3.68. The number of aliphatic carboxylic acids is 1. The molecule has 0 aromatic rings. The van der Waals surface area contributed by atoms with Crippen LogP contribution in [-0.2, 0) is 14.4 Å². The zero-order valence-corrected chi connectivity index (χ0v) is 15.0. The second kappa shape index (κ2) is 12.0. The Bertz CT molecular complexity index is 649. The third-order valence-electron chi connectivity index (χ3n) is 4.25. The summed E-state index contributed by atoms with van der Waals surface area (Å²) < 4.78 is 33.2. The van der Waals surface area contributed by atoms with Crippen molar-refractivity contribution in [2.24, 2.45) is 11.8 Å². The molecule has 0 unspecified atom stereocenters. The highest BCUT2D eigenvalue weighted by atomic mass is 16.4. The third-order valence-corrected chi connectivity index (χ3v) is 4.25. The molecular formula is C20H32O5. The number of carbonyl (C=O) groups is 3. The van der Waals surface area contributed by atoms with Gasteiger partial charge in [-0.25, -0.2) is 0 Å². The first-order valence-corrected chi connectivity index (χ1v) is 9.11. The van der Waals surface area contributed by atoms with E-state index in [0.29, 0.717) is 32.1 Å². The fourth-order valence-corrected chi connectivity index (χ4v) is 2.81. The highest BCUT2D eigenvalue weighted by molar-refractivity contribution is 5.90. The highest BCUT2D eigenvalue weighted by Gasteiger charge is 2.39. The smallest absolute Gasteiger partial charge is 0.303 e. The molecule has 1 saturated carbocycles. The van der Waals surface area contributed by atoms with E-state index >= 15 is 0 Å². The minimum absolute atomic E-state index is 0.0326. The van der Waals surface area contributed by atoms with E-state index in [1.54, 1.807) is 0 Å². The maximum atomic E-state index is 12.5. The van der Waals surface area contributed by atoms with Crippen LogP contribution in [0.4, 0.5) is 0 Å². The minimum Gasteiger partial charge on any atom is -0.481 e. The van der Waals surface area contributed by atoms with E-state index in [0.717, 1.165) is 18.9 Å². The maximum Gasteiger partial charge on any atom is 0.303 e. The normalized spacial score (nSPS) is 35.0. The van der Waals surface area contributed by atoms with E-state index in [-0.39, 0.29) is 19.3 Å². The molecule has 3 atom stereocenters. The fourth-order valence-electron chi connectivity index (χ4n) is 2.81. The number of ketones is 2. The fraction of sp³-hybridized carbons (Fsp3) is 0.750. The maximum absolute atomic E-state index is 12.5. The van der Waals surface area contributed by atoms with Crippen LogP contribution in [0, 0.1) is 11.8 Å². The van der Waals surface area contributed by atoms with Crippen LogP contribution in [0.2, 0.25) is 0 Å². The third kappa shape index (κ3) is 8.43. The van der Waals surface area contributed by atoms with Crippen LogP contribution in [0.3, 0.4) is 0 Å². The number of allylic oxidation sites excluding steroid dienone is 1. The van der Waals surface area contributed by atoms with Gasteiger partial charge in [0.2, 0.25) is 0 Å². The van der Waals surface area contributed by atoms with Crippen LogP contribution < -0.4 is 0 Å². The van der Waals surface area contributed by atoms with Crippen molar-refractivity contribution in [2.45, 2.75) is 83.6 Å². The van der Waals surface area contributed by atoms with Gasteiger partial charge in [0.1, 0.15) is 5.78 Å². The average molecular weight is 361 g/mol. The number of carbonyl (C=O) groups excluding carboxylic acids is 2. The first-order valence-electron chi connectivity index (χ1n) is 11.1. The lowest BCUT2D eigenvalue weighted by atomic mass is 9.88. The van der Waals surface area contributed by atoms with Crippen molar-refractivity contribution >= 4 is 17.5 Å². The summed E-state index contributed by atoms with van der Waals surface area (Å²) in [7, 11) is 0. The molecule has 0 spiro atoms. The number of unbranched alkanes of at least 4 members (excludes halogenated alkanes) is 5. The molecule has 25 heavy (non-hydrogen) atoms. The van der Waals surface area contributed by atoms with Crippen molar-refractivity contribution in [3.8, 4) is 0 Å². The van der Waals surface area contributed by atoms with Crippen LogP contribution >= 0.6 is 0 Å². The predicted molar refractivity (Wildman–Crippen MR) is 96.2 cm³/mol. The molecule has 0 aromatic carbocycles. The topological polar surface area (TPSA) is 91.7 Å². The summed E-state index contributed by atoms with van der Waals surface area (Å²) in [5.41, 5.74) is 0. The molecule has 1 fully saturated rings. The van der Waals surface area contributed by atoms with E-state index in [1.165, 1.54) is 0 Å². The van der Waals surface area contributed by atoms with Gasteiger partial charge in [0.25, 0.3) is 0 Å². The Kier molecular flexibility index (Phi) is 7.53. The summed E-state index contributed by atoms with van der Waals surface area (Å²) >= 11 is 0. The molecule has 0 radical (unpaired) electrons. The number of carboxylic acids is 1. The minimum atomic E-state index is -2.59. The summed E-state index contributed by atoms with van der Waals surface area (Å²) in [5.74, 6) is -6.73. The molecule has 5 nitrogen and oxygen atoms in total. The summed E-state index contributed by atoms with van der Waals surface area (Å²) in [4.78, 5) is 35.2. The van der Waals surface area contributed by atoms with Crippen LogP contribution in [0.25, 0.3) is 0 Å². The Balaban J connectivity index is 2.93. The van der Waals surface area contributed by atoms with Crippen molar-refractivity contribution < 1.29 is 30.1 Å². The van der Waals surface area contributed by atoms with Gasteiger partial charge in [0.15, 0.2) is 5.78 Å². The molecule has 0 saturated heterocycles. The first-order chi connectivity index (χ1) is 13.4. The quantitative estimate of drug-likeness (QED) is 0.386. The summed E-state index contributed by atoms with van der Waals surface area (Å²) in [6.45, 7) is 1.97. The van der Waals surface area contributed by atoms with Crippen molar-refractivity contribution in [3.05, 3.63) is 12.1 Å². The van der Waals surface area contributed by atoms with Crippen LogP contribution in [0.1, 0.15) is 83.0 Å². The van der Waals surface area contributed by atoms with E-state index in [1.807, 2.05) is 6.92 Å². The lowest BCUT2D eigenvalue weighted by Crippen LogP contribution is -2.19. The summed E-state index contributed by atoms with van der Waals surface area (Å²) in [6, 6.07) is -0.547. The van der Waals surface area contributed by atoms with Gasteiger partial charge in [-0.05, 0) is 25.3 Å². The van der Waals surface area contributed by atoms with Crippen LogP contribution in [-0.4, -0.2) is 33.8 Å². The monoisotopic (exact) mass is 360 g/mol. The Morgan fingerprint density at radius 2 is 1.88 bits per heavy atom. The molecule has 0 heterocycles. The molecule has 1 rings (SSSR count). The number of aliphatic hydroxyl groups is 1. The van der Waals surface area contributed by atoms with Gasteiger partial charge in [-0.1, -0.05) is 45.1 Å². The molecule has 142 valence electrons. The molecule has 1 aliphatic carbocycles. The average Bonchev–Trinajstić information content (AvgIpc) is 2.75. The summed E-state index contributed by atoms with van der Waals surface area (Å²) in [6.07, 6.45) is 1.80. The summed E-state index contributed by atoms with van der Waals surface area (Å²) in [5, 5.41) is 19.0. The molecule has 0 bridgehead atoms. The Morgan fingerprint density at radius 3 is 2.56 bits per heavy atom. The highest BCUT2D eigenvalue weighted by Crippen LogP contribution is 2.34. The molecule has 0 aromatic heterocycles. The number of Topliss-reactive ketones (excluding diaryl/α,β-unsaturated/α-hetero) is 1. The zero-order valence-electron chi connectivity index (χ0n) is 19.0. The lowest BCUT2D eigenvalue weighted by molar-refractivity contribution is -0.137. The Hall–Kier alpha value is -1.49. The van der Waals surface area contributed by atoms with Crippen molar-refractivity contribution in [2.75, 3.05) is 0 Å². The van der Waals surface area contributed by atoms with E-state index in [9.17, 15) is 19.5 Å². The Labute approximate surface area is 156 Å². The van der Waals surface area contributed by atoms with Crippen molar-refractivity contribution in [1.82, 2.24) is 0 Å². The van der Waals surface area contributed by atoms with Gasteiger partial charge in [0, 0.05) is 33.8 Å². The number of hydrogen-bond acceptors (Lipinski definition) is 4. The van der Waals surface area contributed by atoms with Crippen molar-refractivity contribution in [3.63, 3.8) is 0 Å². The van der Waals surface area contributed by atoms with Crippen LogP contribution in [0.15, 0.2) is 12.1 Å². The molecule has 0 amide bonds. The first kappa shape index (κ1) is 15.7. The number of rotatable bonds is 13. The molecule has 0 aliphatic heterocycles. The van der Waals surface area contributed by atoms with Gasteiger partial charge in [-0.15, -0.1) is 0 Å². The molecule has 5 heteroatoms. The van der Waals surface area contributed by atoms with E-state index < -0.39 is 47.9 Å². The second-order valence-corrected chi connectivity index (χ2v) is 6.42. The van der Waals surface area contributed by atoms with Gasteiger partial charge in [-0.2, -0.15) is 0 Å². The largest absolute Gasteiger partial charge is 0.481 e. The SMILES string of the molecule is [3H]/C(=C\[C@]1([3H])[C@@]([3H])(CCCCCCC(=O)O)C(=O)C[C@@]1([3H])O)C(=O)CCCCC. The number of carboxylic acid groups (broad SMARTS) is 1. The Morgan fingerprint density at radius 1 is 1.20 bits per heavy atom.